The number of amides is 1. The van der Waals surface area contributed by atoms with Gasteiger partial charge in [-0.1, -0.05) is 24.3 Å². The predicted octanol–water partition coefficient (Wildman–Crippen LogP) is 4.96. The molecule has 2 aromatic carbocycles. The van der Waals surface area contributed by atoms with Crippen molar-refractivity contribution in [3.05, 3.63) is 104 Å². The molecule has 3 aromatic rings. The second kappa shape index (κ2) is 9.56. The first kappa shape index (κ1) is 22.2. The lowest BCUT2D eigenvalue weighted by atomic mass is 10.1. The Morgan fingerprint density at radius 1 is 1.12 bits per heavy atom. The molecule has 0 saturated carbocycles. The van der Waals surface area contributed by atoms with Gasteiger partial charge in [-0.25, -0.2) is 0 Å². The van der Waals surface area contributed by atoms with Crippen LogP contribution in [0.4, 0.5) is 17.1 Å². The van der Waals surface area contributed by atoms with Crippen LogP contribution in [-0.2, 0) is 13.0 Å². The van der Waals surface area contributed by atoms with Crippen LogP contribution >= 0.6 is 0 Å². The molecule has 1 aromatic heterocycles. The highest BCUT2D eigenvalue weighted by atomic mass is 16.6. The Hall–Kier alpha value is -4.47. The molecule has 0 spiro atoms. The SMILES string of the molecule is C=CCc1ccccc1OCc1ccc(C(=O)Nc2cc([N+](=O)[O-])c(C)c([N+](=O)[O-])c2)o1. The first-order chi connectivity index (χ1) is 15.3. The predicted molar refractivity (Wildman–Crippen MR) is 116 cm³/mol. The Balaban J connectivity index is 1.73. The number of benzene rings is 2. The van der Waals surface area contributed by atoms with Crippen molar-refractivity contribution in [3.63, 3.8) is 0 Å². The van der Waals surface area contributed by atoms with Gasteiger partial charge in [-0.2, -0.15) is 0 Å². The number of nitrogens with zero attached hydrogens (tertiary/aromatic N) is 2. The van der Waals surface area contributed by atoms with Gasteiger partial charge in [0.2, 0.25) is 0 Å². The number of carbonyl (C=O) groups excluding carboxylic acids is 1. The maximum atomic E-state index is 12.5. The Morgan fingerprint density at radius 2 is 1.78 bits per heavy atom. The van der Waals surface area contributed by atoms with Crippen molar-refractivity contribution in [2.75, 3.05) is 5.32 Å². The highest BCUT2D eigenvalue weighted by Crippen LogP contribution is 2.32. The number of anilines is 1. The summed E-state index contributed by atoms with van der Waals surface area (Å²) in [5.41, 5.74) is -0.184. The number of ether oxygens (including phenoxy) is 1. The van der Waals surface area contributed by atoms with E-state index in [9.17, 15) is 25.0 Å². The topological polar surface area (TPSA) is 138 Å². The van der Waals surface area contributed by atoms with E-state index in [0.29, 0.717) is 17.9 Å². The van der Waals surface area contributed by atoms with E-state index >= 15 is 0 Å². The van der Waals surface area contributed by atoms with Crippen LogP contribution in [0, 0.1) is 27.2 Å². The fourth-order valence-electron chi connectivity index (χ4n) is 3.02. The van der Waals surface area contributed by atoms with Crippen LogP contribution in [0.15, 0.2) is 65.6 Å². The minimum Gasteiger partial charge on any atom is -0.485 e. The molecular weight excluding hydrogens is 418 g/mol. The number of rotatable bonds is 9. The molecule has 0 radical (unpaired) electrons. The summed E-state index contributed by atoms with van der Waals surface area (Å²) in [4.78, 5) is 33.4. The van der Waals surface area contributed by atoms with Crippen LogP contribution in [0.3, 0.4) is 0 Å². The van der Waals surface area contributed by atoms with Gasteiger partial charge in [-0.15, -0.1) is 6.58 Å². The largest absolute Gasteiger partial charge is 0.485 e. The molecule has 10 nitrogen and oxygen atoms in total. The Morgan fingerprint density at radius 3 is 2.41 bits per heavy atom. The molecule has 0 aliphatic heterocycles. The van der Waals surface area contributed by atoms with E-state index in [4.69, 9.17) is 9.15 Å². The number of hydrogen-bond donors (Lipinski definition) is 1. The van der Waals surface area contributed by atoms with E-state index in [1.807, 2.05) is 24.3 Å². The third-order valence-electron chi connectivity index (χ3n) is 4.60. The van der Waals surface area contributed by atoms with Gasteiger partial charge in [0.15, 0.2) is 5.76 Å². The number of carbonyl (C=O) groups is 1. The number of nitro groups is 2. The van der Waals surface area contributed by atoms with Gasteiger partial charge >= 0.3 is 0 Å². The number of hydrogen-bond acceptors (Lipinski definition) is 7. The first-order valence-corrected chi connectivity index (χ1v) is 9.45. The second-order valence-corrected chi connectivity index (χ2v) is 6.76. The zero-order chi connectivity index (χ0) is 23.3. The standard InChI is InChI=1S/C22H19N3O7/c1-3-6-15-7-4-5-8-20(15)31-13-17-9-10-21(32-17)22(26)23-16-11-18(24(27)28)14(2)19(12-16)25(29)30/h3-5,7-12H,1,6,13H2,2H3,(H,23,26). The van der Waals surface area contributed by atoms with Crippen LogP contribution in [-0.4, -0.2) is 15.8 Å². The maximum Gasteiger partial charge on any atom is 0.291 e. The number of nitrogens with one attached hydrogen (secondary N) is 1. The number of furan rings is 1. The highest BCUT2D eigenvalue weighted by molar-refractivity contribution is 6.02. The number of para-hydroxylation sites is 1. The normalized spacial score (nSPS) is 10.4. The Labute approximate surface area is 182 Å². The molecule has 1 amide bonds. The lowest BCUT2D eigenvalue weighted by Gasteiger charge is -2.09. The summed E-state index contributed by atoms with van der Waals surface area (Å²) in [6, 6.07) is 12.5. The molecule has 0 bridgehead atoms. The second-order valence-electron chi connectivity index (χ2n) is 6.76. The Bertz CT molecular complexity index is 1160. The van der Waals surface area contributed by atoms with Crippen LogP contribution in [0.2, 0.25) is 0 Å². The summed E-state index contributed by atoms with van der Waals surface area (Å²) in [7, 11) is 0. The molecule has 1 heterocycles. The Kier molecular flexibility index (Phi) is 6.64. The molecule has 1 N–H and O–H groups in total. The van der Waals surface area contributed by atoms with Crippen LogP contribution < -0.4 is 10.1 Å². The van der Waals surface area contributed by atoms with Crippen molar-refractivity contribution >= 4 is 23.0 Å². The quantitative estimate of drug-likeness (QED) is 0.283. The van der Waals surface area contributed by atoms with Gasteiger partial charge in [0.05, 0.1) is 15.5 Å². The summed E-state index contributed by atoms with van der Waals surface area (Å²) in [6.45, 7) is 5.06. The molecule has 10 heteroatoms. The highest BCUT2D eigenvalue weighted by Gasteiger charge is 2.24. The van der Waals surface area contributed by atoms with Crippen molar-refractivity contribution in [2.24, 2.45) is 0 Å². The zero-order valence-electron chi connectivity index (χ0n) is 17.1. The van der Waals surface area contributed by atoms with Gasteiger partial charge in [0.25, 0.3) is 17.3 Å². The van der Waals surface area contributed by atoms with E-state index in [2.05, 4.69) is 11.9 Å². The summed E-state index contributed by atoms with van der Waals surface area (Å²) >= 11 is 0. The lowest BCUT2D eigenvalue weighted by molar-refractivity contribution is -0.395. The minimum absolute atomic E-state index is 0.0723. The molecular formula is C22H19N3O7. The molecule has 0 fully saturated rings. The first-order valence-electron chi connectivity index (χ1n) is 9.45. The van der Waals surface area contributed by atoms with Gasteiger partial charge < -0.3 is 14.5 Å². The minimum atomic E-state index is -0.746. The molecule has 3 rings (SSSR count). The summed E-state index contributed by atoms with van der Waals surface area (Å²) in [5, 5.41) is 24.8. The van der Waals surface area contributed by atoms with Crippen LogP contribution in [0.25, 0.3) is 0 Å². The van der Waals surface area contributed by atoms with Crippen molar-refractivity contribution in [1.82, 2.24) is 0 Å². The lowest BCUT2D eigenvalue weighted by Crippen LogP contribution is -2.12. The molecule has 164 valence electrons. The maximum absolute atomic E-state index is 12.5. The van der Waals surface area contributed by atoms with Gasteiger partial charge in [-0.05, 0) is 37.1 Å². The van der Waals surface area contributed by atoms with E-state index in [0.717, 1.165) is 17.7 Å². The van der Waals surface area contributed by atoms with Crippen molar-refractivity contribution in [1.29, 1.82) is 0 Å². The molecule has 0 aliphatic rings. The third-order valence-corrected chi connectivity index (χ3v) is 4.60. The third kappa shape index (κ3) is 4.98. The monoisotopic (exact) mass is 437 g/mol. The average Bonchev–Trinajstić information content (AvgIpc) is 3.23. The molecule has 0 aliphatic carbocycles. The van der Waals surface area contributed by atoms with Crippen molar-refractivity contribution in [3.8, 4) is 5.75 Å². The van der Waals surface area contributed by atoms with Gasteiger partial charge in [0, 0.05) is 12.1 Å². The summed E-state index contributed by atoms with van der Waals surface area (Å²) in [6.07, 6.45) is 2.40. The number of nitro benzene ring substituents is 2. The fraction of sp³-hybridized carbons (Fsp3) is 0.136. The van der Waals surface area contributed by atoms with Gasteiger partial charge in [0.1, 0.15) is 23.7 Å². The van der Waals surface area contributed by atoms with Crippen molar-refractivity contribution in [2.45, 2.75) is 20.0 Å². The summed E-state index contributed by atoms with van der Waals surface area (Å²) < 4.78 is 11.3. The molecule has 0 saturated heterocycles. The van der Waals surface area contributed by atoms with E-state index in [1.165, 1.54) is 13.0 Å². The average molecular weight is 437 g/mol. The molecule has 32 heavy (non-hydrogen) atoms. The summed E-state index contributed by atoms with van der Waals surface area (Å²) in [5.74, 6) is 0.253. The van der Waals surface area contributed by atoms with Crippen LogP contribution in [0.5, 0.6) is 5.75 Å². The zero-order valence-corrected chi connectivity index (χ0v) is 17.1. The van der Waals surface area contributed by atoms with Crippen LogP contribution in [0.1, 0.15) is 27.4 Å². The van der Waals surface area contributed by atoms with E-state index in [1.54, 1.807) is 12.1 Å². The number of allylic oxidation sites excluding steroid dienone is 1. The van der Waals surface area contributed by atoms with E-state index < -0.39 is 27.1 Å². The van der Waals surface area contributed by atoms with Gasteiger partial charge in [-0.3, -0.25) is 25.0 Å². The van der Waals surface area contributed by atoms with E-state index in [-0.39, 0.29) is 23.6 Å². The smallest absolute Gasteiger partial charge is 0.291 e. The molecule has 0 atom stereocenters. The van der Waals surface area contributed by atoms with Crippen molar-refractivity contribution < 1.29 is 23.8 Å². The fourth-order valence-corrected chi connectivity index (χ4v) is 3.02. The molecule has 0 unspecified atom stereocenters.